The van der Waals surface area contributed by atoms with Gasteiger partial charge in [-0.1, -0.05) is 6.07 Å². The zero-order valence-electron chi connectivity index (χ0n) is 12.9. The largest absolute Gasteiger partial charge is 0.370 e. The van der Waals surface area contributed by atoms with E-state index in [1.165, 1.54) is 0 Å². The van der Waals surface area contributed by atoms with Crippen LogP contribution >= 0.6 is 11.3 Å². The third-order valence-electron chi connectivity index (χ3n) is 3.60. The van der Waals surface area contributed by atoms with Gasteiger partial charge >= 0.3 is 0 Å². The van der Waals surface area contributed by atoms with Crippen LogP contribution in [0.25, 0.3) is 21.7 Å². The molecule has 1 amide bonds. The molecule has 3 aromatic rings. The van der Waals surface area contributed by atoms with Gasteiger partial charge in [0.05, 0.1) is 4.88 Å². The molecule has 0 aliphatic rings. The minimum atomic E-state index is -0.310. The number of hydrogen-bond donors (Lipinski definition) is 1. The van der Waals surface area contributed by atoms with Gasteiger partial charge in [-0.15, -0.1) is 11.3 Å². The van der Waals surface area contributed by atoms with E-state index in [0.717, 1.165) is 33.9 Å². The molecule has 23 heavy (non-hydrogen) atoms. The van der Waals surface area contributed by atoms with Gasteiger partial charge < -0.3 is 5.73 Å². The summed E-state index contributed by atoms with van der Waals surface area (Å²) in [5.74, 6) is -0.310. The molecule has 3 aromatic heterocycles. The topological polar surface area (TPSA) is 73.8 Å². The highest BCUT2D eigenvalue weighted by atomic mass is 32.1. The van der Waals surface area contributed by atoms with Gasteiger partial charge in [-0.2, -0.15) is 5.10 Å². The van der Waals surface area contributed by atoms with E-state index in [4.69, 9.17) is 5.73 Å². The van der Waals surface area contributed by atoms with Crippen molar-refractivity contribution in [3.8, 4) is 21.7 Å². The van der Waals surface area contributed by atoms with Crippen LogP contribution in [0, 0.1) is 0 Å². The molecule has 0 radical (unpaired) electrons. The van der Waals surface area contributed by atoms with E-state index in [1.807, 2.05) is 22.9 Å². The number of amides is 1. The predicted octanol–water partition coefficient (Wildman–Crippen LogP) is 3.11. The van der Waals surface area contributed by atoms with Crippen LogP contribution < -0.4 is 5.73 Å². The summed E-state index contributed by atoms with van der Waals surface area (Å²) < 4.78 is 1.94. The zero-order valence-corrected chi connectivity index (χ0v) is 13.7. The lowest BCUT2D eigenvalue weighted by Gasteiger charge is -2.04. The smallest absolute Gasteiger partial charge is 0.217 e. The van der Waals surface area contributed by atoms with Gasteiger partial charge in [-0.3, -0.25) is 14.5 Å². The molecule has 118 valence electrons. The molecule has 0 bridgehead atoms. The Morgan fingerprint density at radius 2 is 2.26 bits per heavy atom. The Kier molecular flexibility index (Phi) is 4.52. The minimum Gasteiger partial charge on any atom is -0.370 e. The molecule has 0 aromatic carbocycles. The van der Waals surface area contributed by atoms with E-state index in [2.05, 4.69) is 34.6 Å². The summed E-state index contributed by atoms with van der Waals surface area (Å²) in [6, 6.07) is 8.09. The van der Waals surface area contributed by atoms with Crippen molar-refractivity contribution in [2.45, 2.75) is 26.3 Å². The van der Waals surface area contributed by atoms with Crippen molar-refractivity contribution >= 4 is 17.2 Å². The zero-order chi connectivity index (χ0) is 16.2. The van der Waals surface area contributed by atoms with Crippen LogP contribution in [0.2, 0.25) is 0 Å². The average Bonchev–Trinajstić information content (AvgIpc) is 3.22. The maximum absolute atomic E-state index is 11.0. The van der Waals surface area contributed by atoms with Crippen molar-refractivity contribution in [2.75, 3.05) is 0 Å². The Morgan fingerprint density at radius 3 is 2.96 bits per heavy atom. The number of primary amides is 1. The molecular formula is C17H18N4OS. The predicted molar refractivity (Wildman–Crippen MR) is 92.0 cm³/mol. The standard InChI is InChI=1S/C17H18N4OS/c1-2-21-11-14(17(20-21)15-4-3-9-23-15)12-7-8-19-13(10-12)5-6-16(18)22/h3-4,7-11H,2,5-6H2,1H3,(H2,18,22). The summed E-state index contributed by atoms with van der Waals surface area (Å²) in [6.45, 7) is 2.89. The maximum Gasteiger partial charge on any atom is 0.217 e. The summed E-state index contributed by atoms with van der Waals surface area (Å²) in [6.07, 6.45) is 4.69. The fourth-order valence-electron chi connectivity index (χ4n) is 2.42. The molecule has 0 spiro atoms. The fraction of sp³-hybridized carbons (Fsp3) is 0.235. The number of aromatic nitrogens is 3. The number of rotatable bonds is 6. The van der Waals surface area contributed by atoms with Crippen LogP contribution in [0.3, 0.4) is 0 Å². The molecule has 3 rings (SSSR count). The Hall–Kier alpha value is -2.47. The molecule has 0 saturated carbocycles. The van der Waals surface area contributed by atoms with Crippen LogP contribution in [0.5, 0.6) is 0 Å². The average molecular weight is 326 g/mol. The van der Waals surface area contributed by atoms with E-state index < -0.39 is 0 Å². The van der Waals surface area contributed by atoms with Gasteiger partial charge in [0, 0.05) is 36.6 Å². The van der Waals surface area contributed by atoms with Crippen molar-refractivity contribution in [2.24, 2.45) is 5.73 Å². The summed E-state index contributed by atoms with van der Waals surface area (Å²) in [5, 5.41) is 6.73. The highest BCUT2D eigenvalue weighted by molar-refractivity contribution is 7.13. The first-order valence-corrected chi connectivity index (χ1v) is 8.40. The highest BCUT2D eigenvalue weighted by Gasteiger charge is 2.14. The molecule has 0 unspecified atom stereocenters. The van der Waals surface area contributed by atoms with Crippen molar-refractivity contribution in [3.05, 3.63) is 47.7 Å². The van der Waals surface area contributed by atoms with Gasteiger partial charge in [0.15, 0.2) is 0 Å². The SMILES string of the molecule is CCn1cc(-c2ccnc(CCC(N)=O)c2)c(-c2cccs2)n1. The molecular weight excluding hydrogens is 308 g/mol. The summed E-state index contributed by atoms with van der Waals surface area (Å²) in [5.41, 5.74) is 9.20. The van der Waals surface area contributed by atoms with Crippen LogP contribution in [0.4, 0.5) is 0 Å². The molecule has 2 N–H and O–H groups in total. The number of nitrogens with zero attached hydrogens (tertiary/aromatic N) is 3. The molecule has 0 atom stereocenters. The third-order valence-corrected chi connectivity index (χ3v) is 4.47. The van der Waals surface area contributed by atoms with Crippen LogP contribution in [0.15, 0.2) is 42.0 Å². The van der Waals surface area contributed by atoms with E-state index in [-0.39, 0.29) is 5.91 Å². The van der Waals surface area contributed by atoms with E-state index >= 15 is 0 Å². The Labute approximate surface area is 138 Å². The molecule has 3 heterocycles. The number of nitrogens with two attached hydrogens (primary N) is 1. The van der Waals surface area contributed by atoms with Gasteiger partial charge in [-0.25, -0.2) is 0 Å². The molecule has 0 fully saturated rings. The van der Waals surface area contributed by atoms with E-state index in [9.17, 15) is 4.79 Å². The second-order valence-corrected chi connectivity index (χ2v) is 6.17. The van der Waals surface area contributed by atoms with Crippen molar-refractivity contribution in [1.82, 2.24) is 14.8 Å². The van der Waals surface area contributed by atoms with E-state index in [0.29, 0.717) is 12.8 Å². The number of pyridine rings is 1. The van der Waals surface area contributed by atoms with Crippen molar-refractivity contribution < 1.29 is 4.79 Å². The Bertz CT molecular complexity index is 808. The van der Waals surface area contributed by atoms with Crippen LogP contribution in [-0.2, 0) is 17.8 Å². The third kappa shape index (κ3) is 3.48. The van der Waals surface area contributed by atoms with Gasteiger partial charge in [-0.05, 0) is 42.5 Å². The van der Waals surface area contributed by atoms with Crippen molar-refractivity contribution in [1.29, 1.82) is 0 Å². The Balaban J connectivity index is 1.99. The first kappa shape index (κ1) is 15.4. The molecule has 6 heteroatoms. The number of carbonyl (C=O) groups is 1. The van der Waals surface area contributed by atoms with Gasteiger partial charge in [0.25, 0.3) is 0 Å². The Morgan fingerprint density at radius 1 is 1.39 bits per heavy atom. The normalized spacial score (nSPS) is 10.8. The second-order valence-electron chi connectivity index (χ2n) is 5.23. The quantitative estimate of drug-likeness (QED) is 0.756. The molecule has 0 aliphatic heterocycles. The summed E-state index contributed by atoms with van der Waals surface area (Å²) in [7, 11) is 0. The monoisotopic (exact) mass is 326 g/mol. The number of aryl methyl sites for hydroxylation is 2. The highest BCUT2D eigenvalue weighted by Crippen LogP contribution is 2.33. The van der Waals surface area contributed by atoms with Crippen molar-refractivity contribution in [3.63, 3.8) is 0 Å². The lowest BCUT2D eigenvalue weighted by atomic mass is 10.0. The minimum absolute atomic E-state index is 0.308. The second kappa shape index (κ2) is 6.75. The lowest BCUT2D eigenvalue weighted by Crippen LogP contribution is -2.11. The van der Waals surface area contributed by atoms with Crippen LogP contribution in [-0.4, -0.2) is 20.7 Å². The number of carbonyl (C=O) groups excluding carboxylic acids is 1. The number of thiophene rings is 1. The lowest BCUT2D eigenvalue weighted by molar-refractivity contribution is -0.118. The summed E-state index contributed by atoms with van der Waals surface area (Å²) in [4.78, 5) is 16.4. The molecule has 5 nitrogen and oxygen atoms in total. The first-order chi connectivity index (χ1) is 11.2. The van der Waals surface area contributed by atoms with Gasteiger partial charge in [0.2, 0.25) is 5.91 Å². The maximum atomic E-state index is 11.0. The molecule has 0 saturated heterocycles. The van der Waals surface area contributed by atoms with Gasteiger partial charge in [0.1, 0.15) is 5.69 Å². The van der Waals surface area contributed by atoms with E-state index in [1.54, 1.807) is 17.5 Å². The fourth-order valence-corrected chi connectivity index (χ4v) is 3.15. The number of hydrogen-bond acceptors (Lipinski definition) is 4. The molecule has 0 aliphatic carbocycles. The first-order valence-electron chi connectivity index (χ1n) is 7.52. The summed E-state index contributed by atoms with van der Waals surface area (Å²) >= 11 is 1.67. The van der Waals surface area contributed by atoms with Crippen LogP contribution in [0.1, 0.15) is 19.0 Å².